The third-order valence-electron chi connectivity index (χ3n) is 7.35. The first-order valence-corrected chi connectivity index (χ1v) is 15.3. The number of hydrogen-bond acceptors (Lipinski definition) is 7. The molecule has 242 valence electrons. The van der Waals surface area contributed by atoms with Crippen molar-refractivity contribution in [1.82, 2.24) is 31.6 Å². The number of fused-ring (bicyclic) bond motifs is 1. The number of nitrogens with zero attached hydrogens (tertiary/aromatic N) is 1. The molecule has 0 saturated carbocycles. The highest BCUT2D eigenvalue weighted by Gasteiger charge is 2.35. The van der Waals surface area contributed by atoms with Crippen LogP contribution in [0.2, 0.25) is 0 Å². The van der Waals surface area contributed by atoms with Gasteiger partial charge in [0.2, 0.25) is 23.6 Å². The van der Waals surface area contributed by atoms with Crippen LogP contribution < -0.4 is 31.3 Å². The standard InChI is InChI=1S/C34H40N6O6/c1-34(2)33(45)39-26(21-23-11-4-3-5-12-23)31(43)36-18-10-20-46-28-15-7-6-14-25(28)30(42)38-27(22-29(41)40-34)32(44)37-19-16-24-13-8-9-17-35-24/h3-9,11-15,17,26-27H,10,16,18-22H2,1-2H3,(H,36,43)(H,37,44)(H,38,42)(H,39,45)(H,40,41)/t26-,27-/m0/s1. The largest absolute Gasteiger partial charge is 0.493 e. The Kier molecular flexibility index (Phi) is 11.8. The summed E-state index contributed by atoms with van der Waals surface area (Å²) in [6, 6.07) is 19.1. The van der Waals surface area contributed by atoms with Gasteiger partial charge in [0.1, 0.15) is 23.4 Å². The molecule has 4 rings (SSSR count). The number of para-hydroxylation sites is 1. The second-order valence-electron chi connectivity index (χ2n) is 11.5. The number of aromatic nitrogens is 1. The number of benzene rings is 2. The van der Waals surface area contributed by atoms with Crippen LogP contribution >= 0.6 is 0 Å². The summed E-state index contributed by atoms with van der Waals surface area (Å²) in [5.41, 5.74) is 0.344. The van der Waals surface area contributed by atoms with E-state index in [0.717, 1.165) is 11.3 Å². The molecular weight excluding hydrogens is 588 g/mol. The molecule has 0 spiro atoms. The molecule has 0 unspecified atom stereocenters. The predicted molar refractivity (Wildman–Crippen MR) is 171 cm³/mol. The number of carbonyl (C=O) groups excluding carboxylic acids is 5. The van der Waals surface area contributed by atoms with Gasteiger partial charge < -0.3 is 31.3 Å². The van der Waals surface area contributed by atoms with Crippen LogP contribution in [0.25, 0.3) is 0 Å². The molecule has 2 atom stereocenters. The number of nitrogens with one attached hydrogen (secondary N) is 5. The first kappa shape index (κ1) is 33.6. The fourth-order valence-corrected chi connectivity index (χ4v) is 4.84. The molecule has 46 heavy (non-hydrogen) atoms. The van der Waals surface area contributed by atoms with Crippen LogP contribution in [0.15, 0.2) is 79.0 Å². The van der Waals surface area contributed by atoms with Crippen LogP contribution in [-0.2, 0) is 32.0 Å². The molecule has 5 amide bonds. The van der Waals surface area contributed by atoms with E-state index in [0.29, 0.717) is 18.6 Å². The van der Waals surface area contributed by atoms with Gasteiger partial charge in [0.25, 0.3) is 5.91 Å². The summed E-state index contributed by atoms with van der Waals surface area (Å²) in [7, 11) is 0. The number of amides is 5. The molecular formula is C34H40N6O6. The van der Waals surface area contributed by atoms with Crippen molar-refractivity contribution in [2.24, 2.45) is 0 Å². The van der Waals surface area contributed by atoms with Gasteiger partial charge in [0.15, 0.2) is 0 Å². The third-order valence-corrected chi connectivity index (χ3v) is 7.35. The molecule has 0 radical (unpaired) electrons. The monoisotopic (exact) mass is 628 g/mol. The van der Waals surface area contributed by atoms with Gasteiger partial charge >= 0.3 is 0 Å². The molecule has 2 aromatic carbocycles. The quantitative estimate of drug-likeness (QED) is 0.275. The zero-order valence-corrected chi connectivity index (χ0v) is 26.0. The first-order chi connectivity index (χ1) is 22.1. The highest BCUT2D eigenvalue weighted by molar-refractivity contribution is 6.01. The Morgan fingerprint density at radius 3 is 2.46 bits per heavy atom. The van der Waals surface area contributed by atoms with Crippen LogP contribution in [0.3, 0.4) is 0 Å². The van der Waals surface area contributed by atoms with E-state index in [9.17, 15) is 24.0 Å². The number of carbonyl (C=O) groups is 5. The Balaban J connectivity index is 1.55. The van der Waals surface area contributed by atoms with E-state index in [1.807, 2.05) is 42.5 Å². The van der Waals surface area contributed by atoms with Gasteiger partial charge in [0, 0.05) is 37.8 Å². The van der Waals surface area contributed by atoms with Crippen LogP contribution in [0.1, 0.15) is 48.3 Å². The number of pyridine rings is 1. The van der Waals surface area contributed by atoms with Gasteiger partial charge in [-0.3, -0.25) is 29.0 Å². The molecule has 0 aliphatic carbocycles. The van der Waals surface area contributed by atoms with E-state index in [1.54, 1.807) is 36.5 Å². The average molecular weight is 629 g/mol. The summed E-state index contributed by atoms with van der Waals surface area (Å²) in [6.07, 6.45) is 2.31. The highest BCUT2D eigenvalue weighted by atomic mass is 16.5. The van der Waals surface area contributed by atoms with E-state index >= 15 is 0 Å². The Morgan fingerprint density at radius 1 is 0.957 bits per heavy atom. The topological polar surface area (TPSA) is 168 Å². The molecule has 1 aromatic heterocycles. The van der Waals surface area contributed by atoms with E-state index in [2.05, 4.69) is 31.6 Å². The van der Waals surface area contributed by atoms with E-state index in [4.69, 9.17) is 4.74 Å². The van der Waals surface area contributed by atoms with Crippen molar-refractivity contribution in [2.75, 3.05) is 19.7 Å². The molecule has 12 heteroatoms. The zero-order chi connectivity index (χ0) is 32.9. The lowest BCUT2D eigenvalue weighted by Gasteiger charge is -2.29. The Bertz CT molecular complexity index is 1510. The predicted octanol–water partition coefficient (Wildman–Crippen LogP) is 1.45. The van der Waals surface area contributed by atoms with Crippen LogP contribution in [0, 0.1) is 0 Å². The Labute approximate surface area is 268 Å². The maximum absolute atomic E-state index is 13.4. The molecule has 0 bridgehead atoms. The lowest BCUT2D eigenvalue weighted by Crippen LogP contribution is -2.60. The van der Waals surface area contributed by atoms with Crippen molar-refractivity contribution >= 4 is 29.5 Å². The summed E-state index contributed by atoms with van der Waals surface area (Å²) >= 11 is 0. The molecule has 1 aliphatic rings. The summed E-state index contributed by atoms with van der Waals surface area (Å²) in [4.78, 5) is 70.9. The first-order valence-electron chi connectivity index (χ1n) is 15.3. The summed E-state index contributed by atoms with van der Waals surface area (Å²) < 4.78 is 5.87. The summed E-state index contributed by atoms with van der Waals surface area (Å²) in [5.74, 6) is -2.52. The van der Waals surface area contributed by atoms with Gasteiger partial charge in [-0.15, -0.1) is 0 Å². The third kappa shape index (κ3) is 9.88. The van der Waals surface area contributed by atoms with Crippen molar-refractivity contribution in [3.8, 4) is 5.75 Å². The van der Waals surface area contributed by atoms with Crippen LogP contribution in [0.4, 0.5) is 0 Å². The van der Waals surface area contributed by atoms with Crippen molar-refractivity contribution in [2.45, 2.75) is 57.2 Å². The summed E-state index contributed by atoms with van der Waals surface area (Å²) in [5, 5.41) is 13.7. The smallest absolute Gasteiger partial charge is 0.255 e. The fraction of sp³-hybridized carbons (Fsp3) is 0.353. The SMILES string of the molecule is CC1(C)NC(=O)C[C@@H](C(=O)NCCc2ccccn2)NC(=O)c2ccccc2OCCCNC(=O)[C@H](Cc2ccccc2)NC1=O. The second-order valence-corrected chi connectivity index (χ2v) is 11.5. The van der Waals surface area contributed by atoms with E-state index in [1.165, 1.54) is 13.8 Å². The minimum absolute atomic E-state index is 0.182. The molecule has 2 heterocycles. The van der Waals surface area contributed by atoms with Crippen LogP contribution in [0.5, 0.6) is 5.75 Å². The average Bonchev–Trinajstić information content (AvgIpc) is 3.04. The van der Waals surface area contributed by atoms with Gasteiger partial charge in [-0.25, -0.2) is 0 Å². The Morgan fingerprint density at radius 2 is 1.70 bits per heavy atom. The number of ether oxygens (including phenoxy) is 1. The molecule has 3 aromatic rings. The van der Waals surface area contributed by atoms with Crippen LogP contribution in [-0.4, -0.2) is 71.8 Å². The molecule has 0 saturated heterocycles. The lowest BCUT2D eigenvalue weighted by atomic mass is 10.00. The van der Waals surface area contributed by atoms with Crippen molar-refractivity contribution in [3.63, 3.8) is 0 Å². The molecule has 5 N–H and O–H groups in total. The highest BCUT2D eigenvalue weighted by Crippen LogP contribution is 2.19. The van der Waals surface area contributed by atoms with E-state index < -0.39 is 47.7 Å². The second kappa shape index (κ2) is 16.2. The normalized spacial score (nSPS) is 19.4. The molecule has 12 nitrogen and oxygen atoms in total. The van der Waals surface area contributed by atoms with Crippen molar-refractivity contribution < 1.29 is 28.7 Å². The van der Waals surface area contributed by atoms with Gasteiger partial charge in [0.05, 0.1) is 18.6 Å². The molecule has 0 fully saturated rings. The maximum atomic E-state index is 13.4. The maximum Gasteiger partial charge on any atom is 0.255 e. The number of hydrogen-bond donors (Lipinski definition) is 5. The molecule has 1 aliphatic heterocycles. The minimum atomic E-state index is -1.46. The van der Waals surface area contributed by atoms with Crippen molar-refractivity contribution in [1.29, 1.82) is 0 Å². The van der Waals surface area contributed by atoms with Gasteiger partial charge in [-0.05, 0) is 50.1 Å². The van der Waals surface area contributed by atoms with Gasteiger partial charge in [-0.2, -0.15) is 0 Å². The Hall–Kier alpha value is -5.26. The lowest BCUT2D eigenvalue weighted by molar-refractivity contribution is -0.135. The minimum Gasteiger partial charge on any atom is -0.493 e. The summed E-state index contributed by atoms with van der Waals surface area (Å²) in [6.45, 7) is 3.68. The van der Waals surface area contributed by atoms with E-state index in [-0.39, 0.29) is 37.6 Å². The van der Waals surface area contributed by atoms with Gasteiger partial charge in [-0.1, -0.05) is 48.5 Å². The zero-order valence-electron chi connectivity index (χ0n) is 26.0. The van der Waals surface area contributed by atoms with Crippen molar-refractivity contribution in [3.05, 3.63) is 95.8 Å². The fourth-order valence-electron chi connectivity index (χ4n) is 4.84. The number of rotatable bonds is 6.